The molecule has 772 valence electrons. The van der Waals surface area contributed by atoms with E-state index in [9.17, 15) is 41.9 Å². The summed E-state index contributed by atoms with van der Waals surface area (Å²) in [6.07, 6.45) is 9.57. The largest absolute Gasteiger partial charge is 0.454 e. The lowest BCUT2D eigenvalue weighted by Crippen LogP contribution is -2.32. The number of aromatic nitrogens is 12. The van der Waals surface area contributed by atoms with Gasteiger partial charge in [0, 0.05) is 214 Å². The molecule has 0 saturated carbocycles. The Labute approximate surface area is 871 Å². The lowest BCUT2D eigenvalue weighted by atomic mass is 9.64. The Morgan fingerprint density at radius 2 is 0.510 bits per heavy atom. The summed E-state index contributed by atoms with van der Waals surface area (Å²) >= 11 is 0. The third-order valence-electron chi connectivity index (χ3n) is 33.4. The van der Waals surface area contributed by atoms with Crippen molar-refractivity contribution in [1.29, 1.82) is 0 Å². The van der Waals surface area contributed by atoms with Crippen LogP contribution in [-0.2, 0) is 73.5 Å². The van der Waals surface area contributed by atoms with Crippen molar-refractivity contribution in [2.45, 2.75) is 310 Å². The molecule has 0 radical (unpaired) electrons. The number of rotatable bonds is 6. The number of Topliss-reactive ketones (excluding diaryl/α,β-unsaturated/α-hetero) is 6. The van der Waals surface area contributed by atoms with E-state index < -0.39 is 11.7 Å². The monoisotopic (exact) mass is 2010 g/mol. The van der Waals surface area contributed by atoms with E-state index in [4.69, 9.17) is 9.47 Å². The van der Waals surface area contributed by atoms with Crippen molar-refractivity contribution in [3.05, 3.63) is 369 Å². The SMILES string of the molecule is Cc1[nH]nc2c1C(c1ccc(C(F)(F)F)cc1)C1=C(C2)CC(C)(C)CC1=O.Cc1[nH]nc2c1C(c1ccc3c(c1)OCO3)C1=C(C2)CC(C)(C)CC1=O.Cc1cccc(C2C3=C(Cc4n[nH]c(C)c42)CC(C)(C)CC3=O)c1.Cc1ccccc1C1C2=C(Cc3n[nH]c(C)c31)CC(C)(C)CC2=O.Cc1ccccc1[C@@H]1C2=C(Cc3n[nH]c(C)c31)CC(C)(C)CC2=O.Cc1ccccc1[C@H]1C2=C(Cc3n[nH]c(C)c31)CC(C)(C)CC2=O. The Balaban J connectivity index is 0.000000108. The number of hydrogen-bond acceptors (Lipinski definition) is 14. The van der Waals surface area contributed by atoms with Gasteiger partial charge in [-0.25, -0.2) is 0 Å². The van der Waals surface area contributed by atoms with Gasteiger partial charge in [-0.2, -0.15) is 43.8 Å². The maximum Gasteiger partial charge on any atom is 0.416 e. The molecule has 0 amide bonds. The lowest BCUT2D eigenvalue weighted by molar-refractivity contribution is -0.137. The quantitative estimate of drug-likeness (QED) is 0.0902. The Morgan fingerprint density at radius 3 is 0.779 bits per heavy atom. The van der Waals surface area contributed by atoms with Crippen LogP contribution >= 0.6 is 0 Å². The number of allylic oxidation sites excluding steroid dienone is 12. The second kappa shape index (κ2) is 38.5. The fourth-order valence-electron chi connectivity index (χ4n) is 27.5. The molecule has 0 spiro atoms. The zero-order valence-electron chi connectivity index (χ0n) is 90.3. The highest BCUT2D eigenvalue weighted by molar-refractivity contribution is 6.05. The third kappa shape index (κ3) is 19.6. The number of fused-ring (bicyclic) bond motifs is 7. The van der Waals surface area contributed by atoms with Crippen LogP contribution in [0.1, 0.15) is 359 Å². The van der Waals surface area contributed by atoms with Crippen LogP contribution in [0, 0.1) is 102 Å². The molecule has 20 nitrogen and oxygen atoms in total. The molecule has 23 heteroatoms. The molecule has 25 rings (SSSR count). The van der Waals surface area contributed by atoms with Crippen molar-refractivity contribution < 1.29 is 51.4 Å². The first-order chi connectivity index (χ1) is 70.5. The van der Waals surface area contributed by atoms with Crippen molar-refractivity contribution in [2.75, 3.05) is 6.79 Å². The fourth-order valence-corrected chi connectivity index (χ4v) is 27.5. The molecule has 0 saturated heterocycles. The molecule has 1 aliphatic heterocycles. The first-order valence-corrected chi connectivity index (χ1v) is 53.0. The summed E-state index contributed by atoms with van der Waals surface area (Å²) in [6.45, 7) is 47.1. The Kier molecular flexibility index (Phi) is 26.5. The van der Waals surface area contributed by atoms with E-state index >= 15 is 0 Å². The van der Waals surface area contributed by atoms with Crippen LogP contribution in [0.25, 0.3) is 0 Å². The van der Waals surface area contributed by atoms with Gasteiger partial charge in [0.2, 0.25) is 6.79 Å². The van der Waals surface area contributed by atoms with E-state index in [2.05, 4.69) is 303 Å². The van der Waals surface area contributed by atoms with Gasteiger partial charge in [-0.15, -0.1) is 0 Å². The van der Waals surface area contributed by atoms with Crippen molar-refractivity contribution in [1.82, 2.24) is 61.2 Å². The van der Waals surface area contributed by atoms with E-state index in [1.54, 1.807) is 0 Å². The minimum atomic E-state index is -4.38. The van der Waals surface area contributed by atoms with Gasteiger partial charge in [-0.05, 0) is 215 Å². The van der Waals surface area contributed by atoms with Crippen LogP contribution in [0.15, 0.2) is 206 Å². The van der Waals surface area contributed by atoms with Crippen molar-refractivity contribution >= 4 is 34.7 Å². The predicted octanol–water partition coefficient (Wildman–Crippen LogP) is 26.5. The number of H-pyrrole nitrogens is 6. The third-order valence-corrected chi connectivity index (χ3v) is 33.4. The number of aromatic amines is 6. The van der Waals surface area contributed by atoms with Gasteiger partial charge in [0.05, 0.1) is 39.7 Å². The predicted molar refractivity (Wildman–Crippen MR) is 572 cm³/mol. The van der Waals surface area contributed by atoms with Gasteiger partial charge in [0.15, 0.2) is 46.2 Å². The van der Waals surface area contributed by atoms with Gasteiger partial charge < -0.3 is 9.47 Å². The van der Waals surface area contributed by atoms with E-state index in [0.717, 1.165) is 218 Å². The first kappa shape index (κ1) is 103. The van der Waals surface area contributed by atoms with Crippen molar-refractivity contribution in [3.8, 4) is 11.5 Å². The molecule has 4 unspecified atom stereocenters. The standard InChI is InChI=1S/C21H21F3N2O.C21H22N2O3.4C21H24N2O/c1-11-17-15(26-25-11)8-13-9-20(2,3)10-16(27)18(13)19(17)12-4-6-14(7-5-12)21(22,23)24;1-11-18-14(23-22-11)6-13-8-21(2,3)9-15(24)19(13)20(18)12-4-5-16-17(7-12)26-10-25-16;1-12-6-5-7-14(8-12)20-18-13(2)22-23-16(18)9-15-10-21(3,4)11-17(24)19(15)20;3*1-12-7-5-6-8-15(12)20-18-13(2)22-23-16(18)9-14-10-21(3,4)11-17(24)19(14)20/h4-7,19H,8-10H2,1-3H3,(H,25,26);4-5,7,20H,6,8-10H2,1-3H3,(H,22,23);4*5-8,20H,9-11H2,1-4H3,(H,22,23)/t;;;2*20-;/m...10./s1. The van der Waals surface area contributed by atoms with E-state index in [0.29, 0.717) is 73.6 Å². The van der Waals surface area contributed by atoms with Gasteiger partial charge in [-0.3, -0.25) is 59.4 Å². The maximum absolute atomic E-state index is 13.2. The van der Waals surface area contributed by atoms with Crippen LogP contribution in [0.3, 0.4) is 0 Å². The van der Waals surface area contributed by atoms with Crippen LogP contribution in [0.5, 0.6) is 11.5 Å². The summed E-state index contributed by atoms with van der Waals surface area (Å²) in [7, 11) is 0. The summed E-state index contributed by atoms with van der Waals surface area (Å²) in [5.41, 5.74) is 44.0. The van der Waals surface area contributed by atoms with Gasteiger partial charge in [0.25, 0.3) is 0 Å². The van der Waals surface area contributed by atoms with E-state index in [-0.39, 0.29) is 86.4 Å². The molecule has 7 heterocycles. The second-order valence-corrected chi connectivity index (χ2v) is 49.4. The molecule has 6 aromatic carbocycles. The Hall–Kier alpha value is -13.6. The number of alkyl halides is 3. The lowest BCUT2D eigenvalue weighted by Gasteiger charge is -2.38. The number of ketones is 6. The van der Waals surface area contributed by atoms with Gasteiger partial charge in [0.1, 0.15) is 0 Å². The number of carbonyl (C=O) groups is 6. The molecule has 6 atom stereocenters. The number of nitrogens with one attached hydrogen (secondary N) is 6. The minimum Gasteiger partial charge on any atom is -0.454 e. The molecule has 6 N–H and O–H groups in total. The number of ether oxygens (including phenoxy) is 2. The normalized spacial score (nSPS) is 22.4. The van der Waals surface area contributed by atoms with E-state index in [1.165, 1.54) is 107 Å². The number of aryl methyl sites for hydroxylation is 10. The topological polar surface area (TPSA) is 293 Å². The number of carbonyl (C=O) groups excluding carboxylic acids is 6. The van der Waals surface area contributed by atoms with E-state index in [1.807, 2.05) is 26.0 Å². The fraction of sp³-hybridized carbons (Fsp3) is 0.429. The average molecular weight is 2010 g/mol. The number of nitrogens with zero attached hydrogens (tertiary/aromatic N) is 6. The summed E-state index contributed by atoms with van der Waals surface area (Å²) in [5, 5.41) is 45.9. The zero-order valence-corrected chi connectivity index (χ0v) is 90.3. The maximum atomic E-state index is 13.2. The van der Waals surface area contributed by atoms with Crippen LogP contribution < -0.4 is 9.47 Å². The van der Waals surface area contributed by atoms with Crippen LogP contribution in [-0.4, -0.2) is 103 Å². The number of hydrogen-bond donors (Lipinski definition) is 6. The highest BCUT2D eigenvalue weighted by Gasteiger charge is 2.51. The molecule has 12 aromatic rings. The smallest absolute Gasteiger partial charge is 0.416 e. The molecule has 13 aliphatic rings. The molecular weight excluding hydrogens is 1870 g/mol. The Morgan fingerprint density at radius 1 is 0.268 bits per heavy atom. The summed E-state index contributed by atoms with van der Waals surface area (Å²) in [4.78, 5) is 78.5. The zero-order chi connectivity index (χ0) is 106. The molecule has 6 aromatic heterocycles. The highest BCUT2D eigenvalue weighted by atomic mass is 19.4. The van der Waals surface area contributed by atoms with Gasteiger partial charge in [-0.1, -0.05) is 237 Å². The number of benzene rings is 6. The molecule has 12 aliphatic carbocycles. The summed E-state index contributed by atoms with van der Waals surface area (Å²) in [6, 6.07) is 45.1. The molecule has 0 fully saturated rings. The number of halogens is 3. The average Bonchev–Trinajstić information content (AvgIpc) is 1.72. The summed E-state index contributed by atoms with van der Waals surface area (Å²) in [5.74, 6) is 2.86. The minimum absolute atomic E-state index is 0.0121. The second-order valence-electron chi connectivity index (χ2n) is 49.4. The molecule has 149 heavy (non-hydrogen) atoms. The highest BCUT2D eigenvalue weighted by Crippen LogP contribution is 2.59. The van der Waals surface area contributed by atoms with Crippen LogP contribution in [0.2, 0.25) is 0 Å². The van der Waals surface area contributed by atoms with Gasteiger partial charge >= 0.3 is 6.18 Å². The Bertz CT molecular complexity index is 7380. The van der Waals surface area contributed by atoms with Crippen LogP contribution in [0.4, 0.5) is 13.2 Å². The molecular formula is C126H139F3N12O8. The van der Waals surface area contributed by atoms with Crippen molar-refractivity contribution in [2.24, 2.45) is 32.5 Å². The molecule has 0 bridgehead atoms. The van der Waals surface area contributed by atoms with Crippen molar-refractivity contribution in [3.63, 3.8) is 0 Å². The summed E-state index contributed by atoms with van der Waals surface area (Å²) < 4.78 is 49.9. The first-order valence-electron chi connectivity index (χ1n) is 53.0.